The van der Waals surface area contributed by atoms with Gasteiger partial charge in [0, 0.05) is 0 Å². The maximum absolute atomic E-state index is 11.3. The molecule has 2 aromatic heterocycles. The third kappa shape index (κ3) is 2.24. The summed E-state index contributed by atoms with van der Waals surface area (Å²) in [7, 11) is 0. The quantitative estimate of drug-likeness (QED) is 0.463. The lowest BCUT2D eigenvalue weighted by Gasteiger charge is -2.03. The van der Waals surface area contributed by atoms with Gasteiger partial charge in [0.2, 0.25) is 0 Å². The van der Waals surface area contributed by atoms with Crippen molar-refractivity contribution >= 4 is 22.1 Å². The zero-order valence-electron chi connectivity index (χ0n) is 11.7. The molecule has 0 amide bonds. The molecule has 0 unspecified atom stereocenters. The number of nitrogens with one attached hydrogen (secondary N) is 4. The van der Waals surface area contributed by atoms with Crippen LogP contribution in [0, 0.1) is 0 Å². The second kappa shape index (κ2) is 4.77. The Morgan fingerprint density at radius 3 is 1.45 bits per heavy atom. The largest absolute Gasteiger partial charge is 0.323 e. The maximum Gasteiger partial charge on any atom is 0.323 e. The summed E-state index contributed by atoms with van der Waals surface area (Å²) in [5, 5.41) is 0. The van der Waals surface area contributed by atoms with Gasteiger partial charge in [-0.05, 0) is 48.2 Å². The first kappa shape index (κ1) is 12.7. The molecule has 0 aliphatic carbocycles. The van der Waals surface area contributed by atoms with Gasteiger partial charge in [-0.1, -0.05) is 12.1 Å². The van der Waals surface area contributed by atoms with Gasteiger partial charge < -0.3 is 19.9 Å². The van der Waals surface area contributed by atoms with E-state index < -0.39 is 0 Å². The molecular weight excluding hydrogens is 280 g/mol. The minimum absolute atomic E-state index is 0.186. The summed E-state index contributed by atoms with van der Waals surface area (Å²) >= 11 is 0. The Morgan fingerprint density at radius 1 is 0.591 bits per heavy atom. The van der Waals surface area contributed by atoms with Crippen molar-refractivity contribution in [3.63, 3.8) is 0 Å². The van der Waals surface area contributed by atoms with Crippen LogP contribution in [0.1, 0.15) is 11.1 Å². The molecule has 0 radical (unpaired) electrons. The van der Waals surface area contributed by atoms with E-state index in [0.717, 1.165) is 46.0 Å². The molecule has 0 aliphatic heterocycles. The molecule has 0 spiro atoms. The average molecular weight is 294 g/mol. The van der Waals surface area contributed by atoms with Crippen LogP contribution in [0.25, 0.3) is 22.1 Å². The van der Waals surface area contributed by atoms with E-state index in [1.807, 2.05) is 36.4 Å². The van der Waals surface area contributed by atoms with Crippen LogP contribution in [0.3, 0.4) is 0 Å². The fourth-order valence-corrected chi connectivity index (χ4v) is 2.76. The molecule has 110 valence electrons. The normalized spacial score (nSPS) is 11.5. The Hall–Kier alpha value is -3.02. The van der Waals surface area contributed by atoms with Crippen molar-refractivity contribution in [2.45, 2.75) is 12.8 Å². The number of benzene rings is 2. The fourth-order valence-electron chi connectivity index (χ4n) is 2.76. The molecule has 0 fully saturated rings. The van der Waals surface area contributed by atoms with E-state index >= 15 is 0 Å². The molecule has 4 rings (SSSR count). The monoisotopic (exact) mass is 294 g/mol. The maximum atomic E-state index is 11.3. The summed E-state index contributed by atoms with van der Waals surface area (Å²) < 4.78 is 0. The highest BCUT2D eigenvalue weighted by molar-refractivity contribution is 5.76. The van der Waals surface area contributed by atoms with Gasteiger partial charge in [0.25, 0.3) is 0 Å². The summed E-state index contributed by atoms with van der Waals surface area (Å²) in [5.41, 5.74) is 5.24. The molecule has 0 saturated heterocycles. The summed E-state index contributed by atoms with van der Waals surface area (Å²) in [5.74, 6) is 0. The fraction of sp³-hybridized carbons (Fsp3) is 0.125. The molecule has 0 atom stereocenters. The zero-order valence-corrected chi connectivity index (χ0v) is 11.7. The molecule has 0 aliphatic rings. The Morgan fingerprint density at radius 2 is 1.00 bits per heavy atom. The van der Waals surface area contributed by atoms with Crippen LogP contribution in [0.15, 0.2) is 46.0 Å². The number of imidazole rings is 2. The van der Waals surface area contributed by atoms with Crippen molar-refractivity contribution < 1.29 is 0 Å². The number of aromatic nitrogens is 4. The second-order valence-electron chi connectivity index (χ2n) is 5.42. The van der Waals surface area contributed by atoms with Crippen molar-refractivity contribution in [1.29, 1.82) is 0 Å². The van der Waals surface area contributed by atoms with Crippen molar-refractivity contribution in [3.05, 3.63) is 68.5 Å². The predicted octanol–water partition coefficient (Wildman–Crippen LogP) is 1.81. The topological polar surface area (TPSA) is 97.3 Å². The predicted molar refractivity (Wildman–Crippen MR) is 85.2 cm³/mol. The van der Waals surface area contributed by atoms with E-state index in [9.17, 15) is 9.59 Å². The minimum Gasteiger partial charge on any atom is -0.306 e. The first-order valence-electron chi connectivity index (χ1n) is 7.09. The Labute approximate surface area is 124 Å². The third-order valence-corrected chi connectivity index (χ3v) is 3.86. The van der Waals surface area contributed by atoms with Gasteiger partial charge in [-0.3, -0.25) is 0 Å². The van der Waals surface area contributed by atoms with Crippen LogP contribution in [-0.4, -0.2) is 19.9 Å². The molecule has 2 heterocycles. The number of aryl methyl sites for hydroxylation is 2. The van der Waals surface area contributed by atoms with Gasteiger partial charge in [0.15, 0.2) is 0 Å². The highest BCUT2D eigenvalue weighted by Crippen LogP contribution is 2.15. The number of rotatable bonds is 3. The lowest BCUT2D eigenvalue weighted by molar-refractivity contribution is 0.963. The standard InChI is InChI=1S/C16H14N4O2/c21-15-17-11-5-3-9(7-13(11)19-15)1-2-10-4-6-12-14(8-10)20-16(22)18-12/h3-8H,1-2H2,(H2,17,19,21)(H2,18,20,22). The zero-order chi connectivity index (χ0) is 15.1. The van der Waals surface area contributed by atoms with Crippen LogP contribution >= 0.6 is 0 Å². The average Bonchev–Trinajstić information content (AvgIpc) is 3.04. The number of hydrogen-bond donors (Lipinski definition) is 4. The molecule has 22 heavy (non-hydrogen) atoms. The number of H-pyrrole nitrogens is 4. The van der Waals surface area contributed by atoms with Gasteiger partial charge in [-0.25, -0.2) is 9.59 Å². The number of hydrogen-bond acceptors (Lipinski definition) is 2. The summed E-state index contributed by atoms with van der Waals surface area (Å²) in [6, 6.07) is 11.8. The number of aromatic amines is 4. The van der Waals surface area contributed by atoms with E-state index in [4.69, 9.17) is 0 Å². The van der Waals surface area contributed by atoms with E-state index in [2.05, 4.69) is 19.9 Å². The Kier molecular flexibility index (Phi) is 2.75. The lowest BCUT2D eigenvalue weighted by Crippen LogP contribution is -1.99. The molecule has 4 aromatic rings. The van der Waals surface area contributed by atoms with E-state index in [1.54, 1.807) is 0 Å². The minimum atomic E-state index is -0.186. The summed E-state index contributed by atoms with van der Waals surface area (Å²) in [4.78, 5) is 33.5. The third-order valence-electron chi connectivity index (χ3n) is 3.86. The van der Waals surface area contributed by atoms with Crippen molar-refractivity contribution in [1.82, 2.24) is 19.9 Å². The van der Waals surface area contributed by atoms with Crippen molar-refractivity contribution in [2.75, 3.05) is 0 Å². The van der Waals surface area contributed by atoms with Crippen LogP contribution in [-0.2, 0) is 12.8 Å². The molecular formula is C16H14N4O2. The SMILES string of the molecule is O=c1[nH]c2ccc(CCc3ccc4[nH]c(=O)[nH]c4c3)cc2[nH]1. The van der Waals surface area contributed by atoms with Crippen molar-refractivity contribution in [2.24, 2.45) is 0 Å². The van der Waals surface area contributed by atoms with Crippen molar-refractivity contribution in [3.8, 4) is 0 Å². The highest BCUT2D eigenvalue weighted by atomic mass is 16.1. The van der Waals surface area contributed by atoms with Gasteiger partial charge in [0.05, 0.1) is 22.1 Å². The van der Waals surface area contributed by atoms with Crippen LogP contribution < -0.4 is 11.4 Å². The molecule has 0 saturated carbocycles. The van der Waals surface area contributed by atoms with E-state index in [-0.39, 0.29) is 11.4 Å². The van der Waals surface area contributed by atoms with E-state index in [1.165, 1.54) is 0 Å². The molecule has 6 nitrogen and oxygen atoms in total. The van der Waals surface area contributed by atoms with Gasteiger partial charge in [-0.15, -0.1) is 0 Å². The smallest absolute Gasteiger partial charge is 0.306 e. The lowest BCUT2D eigenvalue weighted by atomic mass is 10.0. The van der Waals surface area contributed by atoms with Gasteiger partial charge in [-0.2, -0.15) is 0 Å². The number of fused-ring (bicyclic) bond motifs is 2. The van der Waals surface area contributed by atoms with Crippen LogP contribution in [0.4, 0.5) is 0 Å². The molecule has 4 N–H and O–H groups in total. The van der Waals surface area contributed by atoms with Gasteiger partial charge in [0.1, 0.15) is 0 Å². The Balaban J connectivity index is 1.58. The Bertz CT molecular complexity index is 993. The van der Waals surface area contributed by atoms with E-state index in [0.29, 0.717) is 0 Å². The summed E-state index contributed by atoms with van der Waals surface area (Å²) in [6.45, 7) is 0. The first-order valence-corrected chi connectivity index (χ1v) is 7.09. The molecule has 6 heteroatoms. The summed E-state index contributed by atoms with van der Waals surface area (Å²) in [6.07, 6.45) is 1.73. The van der Waals surface area contributed by atoms with Crippen LogP contribution in [0.5, 0.6) is 0 Å². The van der Waals surface area contributed by atoms with Crippen LogP contribution in [0.2, 0.25) is 0 Å². The highest BCUT2D eigenvalue weighted by Gasteiger charge is 2.03. The second-order valence-corrected chi connectivity index (χ2v) is 5.42. The first-order chi connectivity index (χ1) is 10.7. The molecule has 0 bridgehead atoms. The molecule has 2 aromatic carbocycles. The van der Waals surface area contributed by atoms with Gasteiger partial charge >= 0.3 is 11.4 Å².